The van der Waals surface area contributed by atoms with Gasteiger partial charge >= 0.3 is 5.97 Å². The Balaban J connectivity index is 2.14. The van der Waals surface area contributed by atoms with Crippen LogP contribution in [-0.4, -0.2) is 30.1 Å². The number of amidine groups is 1. The predicted octanol–water partition coefficient (Wildman–Crippen LogP) is 1.10. The Morgan fingerprint density at radius 2 is 2.00 bits per heavy atom. The number of carbonyl (C=O) groups excluding carboxylic acids is 3. The normalized spacial score (nSPS) is 18.1. The fraction of sp³-hybridized carbons (Fsp3) is 0.0769. The second-order valence-corrected chi connectivity index (χ2v) is 4.71. The molecule has 0 spiro atoms. The summed E-state index contributed by atoms with van der Waals surface area (Å²) in [5.41, 5.74) is 0.417. The molecule has 1 aromatic carbocycles. The molecule has 6 nitrogen and oxygen atoms in total. The van der Waals surface area contributed by atoms with Crippen LogP contribution in [0.25, 0.3) is 0 Å². The quantitative estimate of drug-likeness (QED) is 0.651. The summed E-state index contributed by atoms with van der Waals surface area (Å²) in [7, 11) is 1.21. The van der Waals surface area contributed by atoms with Gasteiger partial charge in [-0.3, -0.25) is 9.59 Å². The molecule has 0 saturated carbocycles. The van der Waals surface area contributed by atoms with Gasteiger partial charge < -0.3 is 10.1 Å². The maximum absolute atomic E-state index is 11.8. The average molecular weight is 290 g/mol. The molecule has 2 rings (SSSR count). The fourth-order valence-electron chi connectivity index (χ4n) is 1.38. The number of nitrogens with zero attached hydrogens (tertiary/aromatic N) is 1. The van der Waals surface area contributed by atoms with Crippen LogP contribution in [0, 0.1) is 0 Å². The van der Waals surface area contributed by atoms with Crippen molar-refractivity contribution >= 4 is 34.7 Å². The first kappa shape index (κ1) is 14.0. The van der Waals surface area contributed by atoms with E-state index in [9.17, 15) is 14.4 Å². The summed E-state index contributed by atoms with van der Waals surface area (Å²) in [6, 6.07) is 8.47. The Kier molecular flexibility index (Phi) is 4.31. The second kappa shape index (κ2) is 6.16. The topological polar surface area (TPSA) is 84.8 Å². The molecule has 102 valence electrons. The summed E-state index contributed by atoms with van der Waals surface area (Å²) in [6.07, 6.45) is 1.05. The number of nitrogens with one attached hydrogen (secondary N) is 1. The molecule has 0 atom stereocenters. The lowest BCUT2D eigenvalue weighted by atomic mass is 10.2. The van der Waals surface area contributed by atoms with Crippen LogP contribution in [-0.2, 0) is 14.3 Å². The van der Waals surface area contributed by atoms with E-state index in [2.05, 4.69) is 15.0 Å². The maximum atomic E-state index is 11.8. The lowest BCUT2D eigenvalue weighted by Gasteiger charge is -1.95. The van der Waals surface area contributed by atoms with Gasteiger partial charge in [-0.15, -0.1) is 0 Å². The number of carbonyl (C=O) groups is 3. The van der Waals surface area contributed by atoms with Gasteiger partial charge in [-0.1, -0.05) is 18.2 Å². The number of ether oxygens (including phenoxy) is 1. The van der Waals surface area contributed by atoms with E-state index in [1.807, 2.05) is 0 Å². The molecule has 1 aromatic rings. The largest absolute Gasteiger partial charge is 0.466 e. The third-order valence-corrected chi connectivity index (χ3v) is 3.23. The minimum atomic E-state index is -0.640. The summed E-state index contributed by atoms with van der Waals surface area (Å²) in [5.74, 6) is -1.59. The molecule has 1 saturated heterocycles. The number of amides is 2. The van der Waals surface area contributed by atoms with E-state index in [4.69, 9.17) is 0 Å². The van der Waals surface area contributed by atoms with Crippen molar-refractivity contribution in [1.82, 2.24) is 5.32 Å². The molecule has 1 fully saturated rings. The Bertz CT molecular complexity index is 623. The molecule has 20 heavy (non-hydrogen) atoms. The summed E-state index contributed by atoms with van der Waals surface area (Å²) >= 11 is 0.914. The molecule has 0 radical (unpaired) electrons. The van der Waals surface area contributed by atoms with Gasteiger partial charge in [0.05, 0.1) is 12.0 Å². The van der Waals surface area contributed by atoms with Crippen LogP contribution in [0.4, 0.5) is 0 Å². The summed E-state index contributed by atoms with van der Waals surface area (Å²) in [4.78, 5) is 38.4. The zero-order chi connectivity index (χ0) is 14.5. The average Bonchev–Trinajstić information content (AvgIpc) is 2.79. The van der Waals surface area contributed by atoms with Gasteiger partial charge in [0.2, 0.25) is 0 Å². The number of thioether (sulfide) groups is 1. The molecule has 1 heterocycles. The highest BCUT2D eigenvalue weighted by Crippen LogP contribution is 2.23. The Hall–Kier alpha value is -2.41. The predicted molar refractivity (Wildman–Crippen MR) is 74.0 cm³/mol. The third-order valence-electron chi connectivity index (χ3n) is 2.32. The van der Waals surface area contributed by atoms with Gasteiger partial charge in [0.25, 0.3) is 11.8 Å². The number of rotatable bonds is 2. The van der Waals surface area contributed by atoms with Gasteiger partial charge in [0.1, 0.15) is 0 Å². The third kappa shape index (κ3) is 3.33. The molecular weight excluding hydrogens is 280 g/mol. The van der Waals surface area contributed by atoms with E-state index in [1.165, 1.54) is 7.11 Å². The first-order valence-corrected chi connectivity index (χ1v) is 6.38. The molecule has 0 unspecified atom stereocenters. The van der Waals surface area contributed by atoms with Crippen LogP contribution in [0.5, 0.6) is 0 Å². The van der Waals surface area contributed by atoms with Crippen molar-refractivity contribution in [3.8, 4) is 0 Å². The van der Waals surface area contributed by atoms with Crippen LogP contribution in [0.2, 0.25) is 0 Å². The van der Waals surface area contributed by atoms with Gasteiger partial charge in [-0.2, -0.15) is 4.99 Å². The van der Waals surface area contributed by atoms with E-state index in [-0.39, 0.29) is 10.1 Å². The smallest absolute Gasteiger partial charge is 0.331 e. The summed E-state index contributed by atoms with van der Waals surface area (Å²) in [6.45, 7) is 0. The second-order valence-electron chi connectivity index (χ2n) is 3.68. The standard InChI is InChI=1S/C13H10N2O4S/c1-19-10(16)7-9-12(18)15-13(20-9)14-11(17)8-5-3-2-4-6-8/h2-7H,1H3,(H,14,15,17,18)/b9-7-. The molecular formula is C13H10N2O4S. The minimum absolute atomic E-state index is 0.136. The molecule has 2 amide bonds. The summed E-state index contributed by atoms with van der Waals surface area (Å²) in [5, 5.41) is 2.55. The number of esters is 1. The Morgan fingerprint density at radius 1 is 1.30 bits per heavy atom. The van der Waals surface area contributed by atoms with Gasteiger partial charge in [0.15, 0.2) is 5.17 Å². The van der Waals surface area contributed by atoms with E-state index < -0.39 is 17.8 Å². The van der Waals surface area contributed by atoms with Crippen LogP contribution in [0.1, 0.15) is 10.4 Å². The van der Waals surface area contributed by atoms with Gasteiger partial charge in [-0.05, 0) is 23.9 Å². The molecule has 7 heteroatoms. The highest BCUT2D eigenvalue weighted by molar-refractivity contribution is 8.18. The molecule has 0 aliphatic carbocycles. The van der Waals surface area contributed by atoms with Crippen LogP contribution in [0.3, 0.4) is 0 Å². The number of hydrogen-bond acceptors (Lipinski definition) is 5. The highest BCUT2D eigenvalue weighted by Gasteiger charge is 2.25. The monoisotopic (exact) mass is 290 g/mol. The minimum Gasteiger partial charge on any atom is -0.466 e. The van der Waals surface area contributed by atoms with E-state index in [0.29, 0.717) is 5.56 Å². The number of hydrogen-bond donors (Lipinski definition) is 1. The zero-order valence-corrected chi connectivity index (χ0v) is 11.3. The van der Waals surface area contributed by atoms with Crippen LogP contribution >= 0.6 is 11.8 Å². The van der Waals surface area contributed by atoms with Crippen LogP contribution in [0.15, 0.2) is 46.3 Å². The first-order chi connectivity index (χ1) is 9.60. The zero-order valence-electron chi connectivity index (χ0n) is 10.5. The lowest BCUT2D eigenvalue weighted by Crippen LogP contribution is -2.21. The van der Waals surface area contributed by atoms with Crippen LogP contribution < -0.4 is 5.32 Å². The number of benzene rings is 1. The SMILES string of the molecule is COC(=O)/C=C1\SC(=NC(=O)c2ccccc2)NC1=O. The van der Waals surface area contributed by atoms with Crippen molar-refractivity contribution in [3.63, 3.8) is 0 Å². The molecule has 1 aliphatic rings. The van der Waals surface area contributed by atoms with Gasteiger partial charge in [-0.25, -0.2) is 4.79 Å². The van der Waals surface area contributed by atoms with Gasteiger partial charge in [0, 0.05) is 11.6 Å². The maximum Gasteiger partial charge on any atom is 0.331 e. The van der Waals surface area contributed by atoms with Crippen molar-refractivity contribution in [3.05, 3.63) is 46.9 Å². The molecule has 0 bridgehead atoms. The van der Waals surface area contributed by atoms with Crippen molar-refractivity contribution in [1.29, 1.82) is 0 Å². The van der Waals surface area contributed by atoms with E-state index >= 15 is 0 Å². The van der Waals surface area contributed by atoms with E-state index in [0.717, 1.165) is 17.8 Å². The molecule has 1 aliphatic heterocycles. The Morgan fingerprint density at radius 3 is 2.65 bits per heavy atom. The Labute approximate surface area is 118 Å². The molecule has 1 N–H and O–H groups in total. The number of methoxy groups -OCH3 is 1. The van der Waals surface area contributed by atoms with Crippen molar-refractivity contribution < 1.29 is 19.1 Å². The van der Waals surface area contributed by atoms with Crippen molar-refractivity contribution in [2.24, 2.45) is 4.99 Å². The molecule has 0 aromatic heterocycles. The van der Waals surface area contributed by atoms with E-state index in [1.54, 1.807) is 30.3 Å². The first-order valence-electron chi connectivity index (χ1n) is 5.57. The van der Waals surface area contributed by atoms with Crippen molar-refractivity contribution in [2.75, 3.05) is 7.11 Å². The summed E-state index contributed by atoms with van der Waals surface area (Å²) < 4.78 is 4.43. The highest BCUT2D eigenvalue weighted by atomic mass is 32.2. The van der Waals surface area contributed by atoms with Crippen molar-refractivity contribution in [2.45, 2.75) is 0 Å². The lowest BCUT2D eigenvalue weighted by molar-refractivity contribution is -0.135. The fourth-order valence-corrected chi connectivity index (χ4v) is 2.16. The number of aliphatic imine (C=N–C) groups is 1.